The zero-order valence-electron chi connectivity index (χ0n) is 28.8. The third kappa shape index (κ3) is 11.9. The van der Waals surface area contributed by atoms with Crippen LogP contribution in [0.15, 0.2) is 12.2 Å². The van der Waals surface area contributed by atoms with Crippen molar-refractivity contribution in [3.8, 4) is 0 Å². The SMILES string of the molecule is C=C(CNCCCCC1CCNCC1)C1(CNCCCCC2CCNC(C3CC(CCCCN4CCCC4)CCN3)C2)CC1. The first kappa shape index (κ1) is 34.8. The van der Waals surface area contributed by atoms with Gasteiger partial charge in [-0.05, 0) is 160 Å². The van der Waals surface area contributed by atoms with Crippen molar-refractivity contribution in [1.29, 1.82) is 0 Å². The lowest BCUT2D eigenvalue weighted by molar-refractivity contribution is 0.186. The third-order valence-corrected chi connectivity index (χ3v) is 12.4. The molecule has 4 atom stereocenters. The first-order valence-electron chi connectivity index (χ1n) is 19.7. The van der Waals surface area contributed by atoms with Gasteiger partial charge in [0.1, 0.15) is 0 Å². The van der Waals surface area contributed by atoms with E-state index in [9.17, 15) is 0 Å². The van der Waals surface area contributed by atoms with Gasteiger partial charge in [-0.3, -0.25) is 0 Å². The smallest absolute Gasteiger partial charge is 0.0223 e. The Morgan fingerprint density at radius 2 is 1.25 bits per heavy atom. The molecule has 4 saturated heterocycles. The maximum atomic E-state index is 4.52. The van der Waals surface area contributed by atoms with Crippen LogP contribution in [0, 0.1) is 23.2 Å². The van der Waals surface area contributed by atoms with Crippen LogP contribution in [0.5, 0.6) is 0 Å². The van der Waals surface area contributed by atoms with E-state index in [1.165, 1.54) is 180 Å². The first-order valence-corrected chi connectivity index (χ1v) is 19.7. The minimum absolute atomic E-state index is 0.392. The molecule has 5 aliphatic rings. The van der Waals surface area contributed by atoms with Crippen LogP contribution in [0.25, 0.3) is 0 Å². The summed E-state index contributed by atoms with van der Waals surface area (Å²) in [5.74, 6) is 2.84. The van der Waals surface area contributed by atoms with Gasteiger partial charge < -0.3 is 31.5 Å². The summed E-state index contributed by atoms with van der Waals surface area (Å²) in [7, 11) is 0. The first-order chi connectivity index (χ1) is 21.7. The molecular weight excluding hydrogens is 540 g/mol. The molecular formula is C38H72N6. The normalized spacial score (nSPS) is 29.6. The zero-order valence-corrected chi connectivity index (χ0v) is 28.8. The molecule has 1 aliphatic carbocycles. The van der Waals surface area contributed by atoms with Gasteiger partial charge in [-0.15, -0.1) is 0 Å². The van der Waals surface area contributed by atoms with E-state index < -0.39 is 0 Å². The van der Waals surface area contributed by atoms with Gasteiger partial charge in [0.2, 0.25) is 0 Å². The van der Waals surface area contributed by atoms with Gasteiger partial charge in [-0.25, -0.2) is 0 Å². The molecule has 0 bridgehead atoms. The van der Waals surface area contributed by atoms with Gasteiger partial charge in [0.25, 0.3) is 0 Å². The van der Waals surface area contributed by atoms with Crippen LogP contribution in [-0.2, 0) is 0 Å². The zero-order chi connectivity index (χ0) is 30.3. The predicted molar refractivity (Wildman–Crippen MR) is 188 cm³/mol. The minimum atomic E-state index is 0.392. The fourth-order valence-electron chi connectivity index (χ4n) is 9.08. The van der Waals surface area contributed by atoms with E-state index in [1.54, 1.807) is 0 Å². The fraction of sp³-hybridized carbons (Fsp3) is 0.947. The minimum Gasteiger partial charge on any atom is -0.317 e. The molecule has 254 valence electrons. The van der Waals surface area contributed by atoms with Gasteiger partial charge >= 0.3 is 0 Å². The van der Waals surface area contributed by atoms with E-state index in [-0.39, 0.29) is 0 Å². The summed E-state index contributed by atoms with van der Waals surface area (Å²) in [6, 6.07) is 1.40. The number of hydrogen-bond donors (Lipinski definition) is 5. The highest BCUT2D eigenvalue weighted by Gasteiger charge is 2.44. The molecule has 0 aromatic carbocycles. The maximum Gasteiger partial charge on any atom is 0.0223 e. The van der Waals surface area contributed by atoms with E-state index in [0.29, 0.717) is 17.5 Å². The summed E-state index contributed by atoms with van der Waals surface area (Å²) in [4.78, 5) is 2.69. The molecule has 4 aliphatic heterocycles. The van der Waals surface area contributed by atoms with E-state index >= 15 is 0 Å². The van der Waals surface area contributed by atoms with Crippen LogP contribution < -0.4 is 26.6 Å². The van der Waals surface area contributed by atoms with E-state index in [2.05, 4.69) is 38.1 Å². The van der Waals surface area contributed by atoms with Crippen molar-refractivity contribution in [3.05, 3.63) is 12.2 Å². The average molecular weight is 613 g/mol. The second-order valence-electron chi connectivity index (χ2n) is 15.9. The van der Waals surface area contributed by atoms with Crippen molar-refractivity contribution < 1.29 is 0 Å². The molecule has 1 saturated carbocycles. The predicted octanol–water partition coefficient (Wildman–Crippen LogP) is 5.84. The van der Waals surface area contributed by atoms with Crippen molar-refractivity contribution in [2.75, 3.05) is 72.0 Å². The standard InChI is InChI=1S/C38H72N6/c1-32(30-40-19-5-2-10-33-13-21-39-22-14-33)38(17-18-38)31-41-20-6-3-11-34-15-23-42-36(28-34)37-29-35(16-24-43-37)12-4-7-25-44-26-8-9-27-44/h33-37,39-43H,1-31H2. The number of unbranched alkanes of at least 4 members (excludes halogenated alkanes) is 3. The van der Waals surface area contributed by atoms with Crippen molar-refractivity contribution in [3.63, 3.8) is 0 Å². The molecule has 0 amide bonds. The van der Waals surface area contributed by atoms with Crippen molar-refractivity contribution in [2.24, 2.45) is 23.2 Å². The van der Waals surface area contributed by atoms with Gasteiger partial charge in [-0.2, -0.15) is 0 Å². The van der Waals surface area contributed by atoms with Crippen LogP contribution >= 0.6 is 0 Å². The number of likely N-dealkylation sites (tertiary alicyclic amines) is 1. The fourth-order valence-corrected chi connectivity index (χ4v) is 9.08. The Morgan fingerprint density at radius 3 is 1.89 bits per heavy atom. The highest BCUT2D eigenvalue weighted by atomic mass is 15.1. The number of piperidine rings is 3. The Balaban J connectivity index is 0.862. The average Bonchev–Trinajstić information content (AvgIpc) is 3.67. The van der Waals surface area contributed by atoms with Crippen LogP contribution in [0.2, 0.25) is 0 Å². The largest absolute Gasteiger partial charge is 0.317 e. The summed E-state index contributed by atoms with van der Waals surface area (Å²) in [5, 5.41) is 18.9. The number of nitrogens with one attached hydrogen (secondary N) is 5. The molecule has 5 fully saturated rings. The van der Waals surface area contributed by atoms with Crippen molar-refractivity contribution in [1.82, 2.24) is 31.5 Å². The lowest BCUT2D eigenvalue weighted by atomic mass is 9.80. The summed E-state index contributed by atoms with van der Waals surface area (Å²) in [6.07, 6.45) is 26.4. The molecule has 0 aromatic rings. The number of hydrogen-bond acceptors (Lipinski definition) is 6. The van der Waals surface area contributed by atoms with Crippen LogP contribution in [0.1, 0.15) is 122 Å². The Bertz CT molecular complexity index is 786. The van der Waals surface area contributed by atoms with Gasteiger partial charge in [-0.1, -0.05) is 50.7 Å². The molecule has 6 heteroatoms. The van der Waals surface area contributed by atoms with E-state index in [1.807, 2.05) is 0 Å². The molecule has 44 heavy (non-hydrogen) atoms. The third-order valence-electron chi connectivity index (χ3n) is 12.4. The quantitative estimate of drug-likeness (QED) is 0.0829. The van der Waals surface area contributed by atoms with Gasteiger partial charge in [0, 0.05) is 30.6 Å². The van der Waals surface area contributed by atoms with Crippen molar-refractivity contribution in [2.45, 2.75) is 134 Å². The molecule has 4 unspecified atom stereocenters. The lowest BCUT2D eigenvalue weighted by Gasteiger charge is -2.40. The monoisotopic (exact) mass is 613 g/mol. The number of rotatable bonds is 21. The second-order valence-corrected chi connectivity index (χ2v) is 15.9. The van der Waals surface area contributed by atoms with Gasteiger partial charge in [0.15, 0.2) is 0 Å². The summed E-state index contributed by atoms with van der Waals surface area (Å²) in [5.41, 5.74) is 1.84. The molecule has 0 radical (unpaired) electrons. The molecule has 5 N–H and O–H groups in total. The van der Waals surface area contributed by atoms with E-state index in [4.69, 9.17) is 0 Å². The van der Waals surface area contributed by atoms with Crippen LogP contribution in [-0.4, -0.2) is 89.0 Å². The molecule has 0 aromatic heterocycles. The topological polar surface area (TPSA) is 63.4 Å². The molecule has 6 nitrogen and oxygen atoms in total. The molecule has 4 heterocycles. The maximum absolute atomic E-state index is 4.52. The van der Waals surface area contributed by atoms with E-state index in [0.717, 1.165) is 37.4 Å². The Labute approximate surface area is 272 Å². The molecule has 5 rings (SSSR count). The highest BCUT2D eigenvalue weighted by Crippen LogP contribution is 2.50. The summed E-state index contributed by atoms with van der Waals surface area (Å²) >= 11 is 0. The molecule has 0 spiro atoms. The van der Waals surface area contributed by atoms with Gasteiger partial charge in [0.05, 0.1) is 0 Å². The Hall–Kier alpha value is -0.500. The van der Waals surface area contributed by atoms with Crippen molar-refractivity contribution >= 4 is 0 Å². The lowest BCUT2D eigenvalue weighted by Crippen LogP contribution is -2.54. The van der Waals surface area contributed by atoms with Crippen LogP contribution in [0.4, 0.5) is 0 Å². The Morgan fingerprint density at radius 1 is 0.682 bits per heavy atom. The number of nitrogens with zero attached hydrogens (tertiary/aromatic N) is 1. The highest BCUT2D eigenvalue weighted by molar-refractivity contribution is 5.21. The Kier molecular flexibility index (Phi) is 15.3. The summed E-state index contributed by atoms with van der Waals surface area (Å²) in [6.45, 7) is 18.0. The summed E-state index contributed by atoms with van der Waals surface area (Å²) < 4.78 is 0. The van der Waals surface area contributed by atoms with Crippen LogP contribution in [0.3, 0.4) is 0 Å². The second kappa shape index (κ2) is 19.4.